The average molecular weight is 471 g/mol. The first kappa shape index (κ1) is 20.3. The summed E-state index contributed by atoms with van der Waals surface area (Å²) in [4.78, 5) is 0. The molecular weight excluding hydrogens is 448 g/mol. The standard InChI is InChI=1S/C36H22O/c1-2-12-25-21-34-32(20-24(25)11-1)33(22-37-34)36-30-17-7-5-15-28(30)35(29-16-6-8-18-31(29)36)27-19-9-13-23-10-3-4-14-26(23)27/h1-22H. The highest BCUT2D eigenvalue weighted by Crippen LogP contribution is 2.47. The number of fused-ring (bicyclic) bond motifs is 5. The van der Waals surface area contributed by atoms with Crippen molar-refractivity contribution in [1.29, 1.82) is 0 Å². The highest BCUT2D eigenvalue weighted by atomic mass is 16.3. The first-order valence-electron chi connectivity index (χ1n) is 12.7. The third-order valence-corrected chi connectivity index (χ3v) is 7.70. The molecule has 0 aliphatic carbocycles. The predicted molar refractivity (Wildman–Crippen MR) is 157 cm³/mol. The van der Waals surface area contributed by atoms with Gasteiger partial charge in [-0.05, 0) is 66.3 Å². The zero-order valence-electron chi connectivity index (χ0n) is 20.1. The normalized spacial score (nSPS) is 11.8. The fourth-order valence-corrected chi connectivity index (χ4v) is 6.06. The molecule has 8 rings (SSSR count). The van der Waals surface area contributed by atoms with Gasteiger partial charge >= 0.3 is 0 Å². The summed E-state index contributed by atoms with van der Waals surface area (Å²) >= 11 is 0. The quantitative estimate of drug-likeness (QED) is 0.229. The second kappa shape index (κ2) is 7.81. The molecule has 172 valence electrons. The lowest BCUT2D eigenvalue weighted by Crippen LogP contribution is -1.91. The molecule has 0 aliphatic heterocycles. The number of rotatable bonds is 2. The van der Waals surface area contributed by atoms with Crippen LogP contribution in [-0.4, -0.2) is 0 Å². The van der Waals surface area contributed by atoms with Crippen LogP contribution in [0.25, 0.3) is 76.3 Å². The van der Waals surface area contributed by atoms with E-state index in [4.69, 9.17) is 4.42 Å². The van der Waals surface area contributed by atoms with Gasteiger partial charge < -0.3 is 4.42 Å². The van der Waals surface area contributed by atoms with Gasteiger partial charge in [-0.25, -0.2) is 0 Å². The minimum Gasteiger partial charge on any atom is -0.464 e. The van der Waals surface area contributed by atoms with E-state index in [0.29, 0.717) is 0 Å². The van der Waals surface area contributed by atoms with Crippen molar-refractivity contribution in [1.82, 2.24) is 0 Å². The number of hydrogen-bond donors (Lipinski definition) is 0. The van der Waals surface area contributed by atoms with Crippen molar-refractivity contribution in [2.45, 2.75) is 0 Å². The first-order valence-corrected chi connectivity index (χ1v) is 12.7. The van der Waals surface area contributed by atoms with Crippen LogP contribution in [0.15, 0.2) is 138 Å². The Hall–Kier alpha value is -4.88. The molecule has 0 N–H and O–H groups in total. The first-order chi connectivity index (χ1) is 18.4. The van der Waals surface area contributed by atoms with Crippen LogP contribution in [0, 0.1) is 0 Å². The lowest BCUT2D eigenvalue weighted by molar-refractivity contribution is 0.617. The number of benzene rings is 7. The summed E-state index contributed by atoms with van der Waals surface area (Å²) in [5, 5.41) is 11.1. The van der Waals surface area contributed by atoms with Crippen molar-refractivity contribution in [2.75, 3.05) is 0 Å². The van der Waals surface area contributed by atoms with Gasteiger partial charge in [0.05, 0.1) is 6.26 Å². The molecule has 0 spiro atoms. The highest BCUT2D eigenvalue weighted by Gasteiger charge is 2.20. The van der Waals surface area contributed by atoms with Crippen molar-refractivity contribution in [2.24, 2.45) is 0 Å². The predicted octanol–water partition coefficient (Wildman–Crippen LogP) is 10.4. The van der Waals surface area contributed by atoms with Gasteiger partial charge in [-0.15, -0.1) is 0 Å². The fourth-order valence-electron chi connectivity index (χ4n) is 6.06. The van der Waals surface area contributed by atoms with Crippen LogP contribution < -0.4 is 0 Å². The molecule has 0 unspecified atom stereocenters. The summed E-state index contributed by atoms with van der Waals surface area (Å²) in [6.07, 6.45) is 1.94. The molecule has 0 amide bonds. The second-order valence-electron chi connectivity index (χ2n) is 9.71. The van der Waals surface area contributed by atoms with Gasteiger partial charge in [-0.3, -0.25) is 0 Å². The summed E-state index contributed by atoms with van der Waals surface area (Å²) in [5.74, 6) is 0. The number of hydrogen-bond acceptors (Lipinski definition) is 1. The van der Waals surface area contributed by atoms with Crippen molar-refractivity contribution in [3.8, 4) is 22.3 Å². The molecule has 7 aromatic carbocycles. The lowest BCUT2D eigenvalue weighted by Gasteiger charge is -2.18. The van der Waals surface area contributed by atoms with Gasteiger partial charge in [-0.2, -0.15) is 0 Å². The van der Waals surface area contributed by atoms with E-state index >= 15 is 0 Å². The van der Waals surface area contributed by atoms with Crippen LogP contribution in [0.2, 0.25) is 0 Å². The average Bonchev–Trinajstić information content (AvgIpc) is 3.36. The monoisotopic (exact) mass is 470 g/mol. The second-order valence-corrected chi connectivity index (χ2v) is 9.71. The van der Waals surface area contributed by atoms with Gasteiger partial charge in [0.2, 0.25) is 0 Å². The molecule has 8 aromatic rings. The van der Waals surface area contributed by atoms with Crippen LogP contribution in [-0.2, 0) is 0 Å². The Kier molecular flexibility index (Phi) is 4.29. The molecule has 0 saturated carbocycles. The van der Waals surface area contributed by atoms with Gasteiger partial charge in [-0.1, -0.05) is 115 Å². The molecule has 0 saturated heterocycles. The largest absolute Gasteiger partial charge is 0.464 e. The Morgan fingerprint density at radius 3 is 1.49 bits per heavy atom. The Balaban J connectivity index is 1.54. The zero-order chi connectivity index (χ0) is 24.3. The van der Waals surface area contributed by atoms with E-state index in [1.165, 1.54) is 59.8 Å². The van der Waals surface area contributed by atoms with Crippen LogP contribution in [0.4, 0.5) is 0 Å². The zero-order valence-corrected chi connectivity index (χ0v) is 20.1. The third-order valence-electron chi connectivity index (χ3n) is 7.70. The molecule has 0 atom stereocenters. The van der Waals surface area contributed by atoms with E-state index in [0.717, 1.165) is 16.5 Å². The van der Waals surface area contributed by atoms with E-state index in [9.17, 15) is 0 Å². The Labute approximate surface area is 214 Å². The minimum absolute atomic E-state index is 0.917. The van der Waals surface area contributed by atoms with Crippen molar-refractivity contribution < 1.29 is 4.42 Å². The van der Waals surface area contributed by atoms with Crippen LogP contribution >= 0.6 is 0 Å². The van der Waals surface area contributed by atoms with E-state index < -0.39 is 0 Å². The minimum atomic E-state index is 0.917. The molecule has 0 radical (unpaired) electrons. The lowest BCUT2D eigenvalue weighted by atomic mass is 9.84. The van der Waals surface area contributed by atoms with E-state index in [-0.39, 0.29) is 0 Å². The Bertz CT molecular complexity index is 2080. The Morgan fingerprint density at radius 2 is 0.838 bits per heavy atom. The van der Waals surface area contributed by atoms with E-state index in [2.05, 4.69) is 127 Å². The SMILES string of the molecule is c1ccc2cc3c(-c4c5ccccc5c(-c5cccc6ccccc56)c5ccccc45)coc3cc2c1. The molecular formula is C36H22O. The number of furan rings is 1. The van der Waals surface area contributed by atoms with Crippen molar-refractivity contribution in [3.63, 3.8) is 0 Å². The Morgan fingerprint density at radius 1 is 0.351 bits per heavy atom. The molecule has 1 heterocycles. The summed E-state index contributed by atoms with van der Waals surface area (Å²) < 4.78 is 6.18. The van der Waals surface area contributed by atoms with Crippen LogP contribution in [0.1, 0.15) is 0 Å². The van der Waals surface area contributed by atoms with Gasteiger partial charge in [0.15, 0.2) is 0 Å². The van der Waals surface area contributed by atoms with Gasteiger partial charge in [0.25, 0.3) is 0 Å². The summed E-state index contributed by atoms with van der Waals surface area (Å²) in [5.41, 5.74) is 5.83. The molecule has 0 aliphatic rings. The van der Waals surface area contributed by atoms with Crippen molar-refractivity contribution in [3.05, 3.63) is 134 Å². The third kappa shape index (κ3) is 2.98. The summed E-state index contributed by atoms with van der Waals surface area (Å²) in [6.45, 7) is 0. The molecule has 1 aromatic heterocycles. The van der Waals surface area contributed by atoms with Crippen LogP contribution in [0.3, 0.4) is 0 Å². The fraction of sp³-hybridized carbons (Fsp3) is 0. The van der Waals surface area contributed by atoms with Gasteiger partial charge in [0.1, 0.15) is 5.58 Å². The molecule has 0 fully saturated rings. The van der Waals surface area contributed by atoms with E-state index in [1.807, 2.05) is 6.26 Å². The van der Waals surface area contributed by atoms with Crippen LogP contribution in [0.5, 0.6) is 0 Å². The highest BCUT2D eigenvalue weighted by molar-refractivity contribution is 6.25. The maximum atomic E-state index is 6.18. The summed E-state index contributed by atoms with van der Waals surface area (Å²) in [7, 11) is 0. The smallest absolute Gasteiger partial charge is 0.135 e. The van der Waals surface area contributed by atoms with E-state index in [1.54, 1.807) is 0 Å². The molecule has 0 bridgehead atoms. The maximum absolute atomic E-state index is 6.18. The summed E-state index contributed by atoms with van der Waals surface area (Å²) in [6, 6.07) is 45.8. The van der Waals surface area contributed by atoms with Gasteiger partial charge in [0, 0.05) is 16.5 Å². The molecule has 1 heteroatoms. The molecule has 37 heavy (non-hydrogen) atoms. The topological polar surface area (TPSA) is 13.1 Å². The maximum Gasteiger partial charge on any atom is 0.135 e. The van der Waals surface area contributed by atoms with Crippen molar-refractivity contribution >= 4 is 54.1 Å². The molecule has 1 nitrogen and oxygen atoms in total.